The molecular weight excluding hydrogens is 313 g/mol. The molecule has 2 amide bonds. The minimum absolute atomic E-state index is 0.168. The first-order valence-electron chi connectivity index (χ1n) is 6.65. The molecular formula is C14H15Cl2N3O2. The highest BCUT2D eigenvalue weighted by atomic mass is 35.5. The van der Waals surface area contributed by atoms with Gasteiger partial charge in [-0.15, -0.1) is 0 Å². The van der Waals surface area contributed by atoms with Gasteiger partial charge in [-0.05, 0) is 32.6 Å². The van der Waals surface area contributed by atoms with Gasteiger partial charge < -0.3 is 15.1 Å². The highest BCUT2D eigenvalue weighted by Crippen LogP contribution is 2.36. The SMILES string of the molecule is CN(C)[C@@H]1C[C@H]2C(=O)Nc3c(Cl)cc(Cl)cc3C(=O)N2C1. The van der Waals surface area contributed by atoms with Crippen molar-refractivity contribution in [3.05, 3.63) is 27.7 Å². The van der Waals surface area contributed by atoms with E-state index in [0.29, 0.717) is 29.2 Å². The first-order valence-corrected chi connectivity index (χ1v) is 7.41. The van der Waals surface area contributed by atoms with Crippen molar-refractivity contribution in [1.29, 1.82) is 0 Å². The maximum atomic E-state index is 12.7. The van der Waals surface area contributed by atoms with Crippen molar-refractivity contribution < 1.29 is 9.59 Å². The summed E-state index contributed by atoms with van der Waals surface area (Å²) in [7, 11) is 3.89. The van der Waals surface area contributed by atoms with Gasteiger partial charge in [0.25, 0.3) is 5.91 Å². The Morgan fingerprint density at radius 3 is 2.67 bits per heavy atom. The number of fused-ring (bicyclic) bond motifs is 2. The number of carbonyl (C=O) groups excluding carboxylic acids is 2. The molecule has 0 spiro atoms. The predicted molar refractivity (Wildman–Crippen MR) is 82.0 cm³/mol. The molecule has 1 saturated heterocycles. The zero-order valence-corrected chi connectivity index (χ0v) is 13.2. The molecule has 0 aromatic heterocycles. The van der Waals surface area contributed by atoms with Crippen LogP contribution in [0.1, 0.15) is 16.8 Å². The average molecular weight is 328 g/mol. The van der Waals surface area contributed by atoms with Crippen molar-refractivity contribution in [1.82, 2.24) is 9.80 Å². The standard InChI is InChI=1S/C14H15Cl2N3O2/c1-18(2)8-5-11-13(20)17-12-9(14(21)19(11)6-8)3-7(15)4-10(12)16/h3-4,8,11H,5-6H2,1-2H3,(H,17,20)/t8-,11+/m1/s1. The fourth-order valence-corrected chi connectivity index (χ4v) is 3.43. The topological polar surface area (TPSA) is 52.7 Å². The van der Waals surface area contributed by atoms with Gasteiger partial charge in [0.15, 0.2) is 0 Å². The lowest BCUT2D eigenvalue weighted by molar-refractivity contribution is -0.119. The molecule has 1 aromatic carbocycles. The summed E-state index contributed by atoms with van der Waals surface area (Å²) in [5.41, 5.74) is 0.703. The Bertz CT molecular complexity index is 633. The molecule has 1 aromatic rings. The Labute approximate surface area is 132 Å². The second-order valence-electron chi connectivity index (χ2n) is 5.63. The highest BCUT2D eigenvalue weighted by Gasteiger charge is 2.43. The van der Waals surface area contributed by atoms with E-state index in [1.54, 1.807) is 11.0 Å². The van der Waals surface area contributed by atoms with Gasteiger partial charge in [-0.2, -0.15) is 0 Å². The third kappa shape index (κ3) is 2.39. The van der Waals surface area contributed by atoms with E-state index < -0.39 is 6.04 Å². The van der Waals surface area contributed by atoms with Crippen LogP contribution in [0.5, 0.6) is 0 Å². The van der Waals surface area contributed by atoms with Crippen LogP contribution in [0.2, 0.25) is 10.0 Å². The zero-order chi connectivity index (χ0) is 15.3. The Morgan fingerprint density at radius 1 is 1.29 bits per heavy atom. The molecule has 0 saturated carbocycles. The second-order valence-corrected chi connectivity index (χ2v) is 6.47. The van der Waals surface area contributed by atoms with Gasteiger partial charge in [0, 0.05) is 17.6 Å². The minimum atomic E-state index is -0.466. The molecule has 1 N–H and O–H groups in total. The molecule has 5 nitrogen and oxygen atoms in total. The normalized spacial score (nSPS) is 24.7. The number of hydrogen-bond acceptors (Lipinski definition) is 3. The summed E-state index contributed by atoms with van der Waals surface area (Å²) in [4.78, 5) is 28.8. The summed E-state index contributed by atoms with van der Waals surface area (Å²) in [6, 6.07) is 2.78. The largest absolute Gasteiger partial charge is 0.325 e. The van der Waals surface area contributed by atoms with Crippen molar-refractivity contribution in [2.45, 2.75) is 18.5 Å². The number of nitrogens with one attached hydrogen (secondary N) is 1. The molecule has 0 radical (unpaired) electrons. The van der Waals surface area contributed by atoms with Crippen LogP contribution < -0.4 is 5.32 Å². The number of carbonyl (C=O) groups is 2. The maximum Gasteiger partial charge on any atom is 0.256 e. The van der Waals surface area contributed by atoms with E-state index in [4.69, 9.17) is 23.2 Å². The molecule has 2 heterocycles. The summed E-state index contributed by atoms with van der Waals surface area (Å²) >= 11 is 12.1. The Hall–Kier alpha value is -1.30. The lowest BCUT2D eigenvalue weighted by Gasteiger charge is -2.21. The quantitative estimate of drug-likeness (QED) is 0.859. The highest BCUT2D eigenvalue weighted by molar-refractivity contribution is 6.38. The van der Waals surface area contributed by atoms with Gasteiger partial charge in [-0.25, -0.2) is 0 Å². The van der Waals surface area contributed by atoms with Crippen LogP contribution in [0.25, 0.3) is 0 Å². The summed E-state index contributed by atoms with van der Waals surface area (Å²) in [6.07, 6.45) is 0.615. The van der Waals surface area contributed by atoms with Crippen molar-refractivity contribution in [2.24, 2.45) is 0 Å². The number of rotatable bonds is 1. The molecule has 2 atom stereocenters. The summed E-state index contributed by atoms with van der Waals surface area (Å²) < 4.78 is 0. The van der Waals surface area contributed by atoms with Crippen molar-refractivity contribution in [3.63, 3.8) is 0 Å². The number of halogens is 2. The number of anilines is 1. The first kappa shape index (κ1) is 14.6. The second kappa shape index (κ2) is 5.16. The van der Waals surface area contributed by atoms with E-state index in [1.807, 2.05) is 19.0 Å². The lowest BCUT2D eigenvalue weighted by Crippen LogP contribution is -2.40. The van der Waals surface area contributed by atoms with E-state index in [-0.39, 0.29) is 22.9 Å². The number of hydrogen-bond donors (Lipinski definition) is 1. The molecule has 7 heteroatoms. The Kier molecular flexibility index (Phi) is 3.59. The van der Waals surface area contributed by atoms with Crippen LogP contribution in [0, 0.1) is 0 Å². The van der Waals surface area contributed by atoms with Crippen molar-refractivity contribution in [2.75, 3.05) is 26.0 Å². The van der Waals surface area contributed by atoms with E-state index in [0.717, 1.165) is 0 Å². The predicted octanol–water partition coefficient (Wildman–Crippen LogP) is 2.09. The Balaban J connectivity index is 2.05. The summed E-state index contributed by atoms with van der Waals surface area (Å²) in [5.74, 6) is -0.405. The van der Waals surface area contributed by atoms with Crippen LogP contribution in [-0.4, -0.2) is 54.3 Å². The number of nitrogens with zero attached hydrogens (tertiary/aromatic N) is 2. The van der Waals surface area contributed by atoms with E-state index in [1.165, 1.54) is 6.07 Å². The zero-order valence-electron chi connectivity index (χ0n) is 11.7. The van der Waals surface area contributed by atoms with E-state index >= 15 is 0 Å². The monoisotopic (exact) mass is 327 g/mol. The smallest absolute Gasteiger partial charge is 0.256 e. The van der Waals surface area contributed by atoms with Gasteiger partial charge in [0.2, 0.25) is 5.91 Å². The summed E-state index contributed by atoms with van der Waals surface area (Å²) in [6.45, 7) is 0.521. The molecule has 0 aliphatic carbocycles. The van der Waals surface area contributed by atoms with Crippen LogP contribution in [0.4, 0.5) is 5.69 Å². The van der Waals surface area contributed by atoms with Crippen LogP contribution in [0.3, 0.4) is 0 Å². The minimum Gasteiger partial charge on any atom is -0.325 e. The molecule has 0 bridgehead atoms. The van der Waals surface area contributed by atoms with Gasteiger partial charge in [0.1, 0.15) is 6.04 Å². The molecule has 21 heavy (non-hydrogen) atoms. The molecule has 2 aliphatic heterocycles. The summed E-state index contributed by atoms with van der Waals surface area (Å²) in [5, 5.41) is 3.43. The van der Waals surface area contributed by atoms with E-state index in [2.05, 4.69) is 5.32 Å². The number of benzene rings is 1. The molecule has 1 fully saturated rings. The average Bonchev–Trinajstić information content (AvgIpc) is 2.82. The first-order chi connectivity index (χ1) is 9.88. The number of amides is 2. The molecule has 112 valence electrons. The van der Waals surface area contributed by atoms with Gasteiger partial charge in [-0.3, -0.25) is 9.59 Å². The molecule has 0 unspecified atom stereocenters. The van der Waals surface area contributed by atoms with Crippen molar-refractivity contribution >= 4 is 40.7 Å². The van der Waals surface area contributed by atoms with Crippen LogP contribution >= 0.6 is 23.2 Å². The van der Waals surface area contributed by atoms with Crippen molar-refractivity contribution in [3.8, 4) is 0 Å². The van der Waals surface area contributed by atoms with Crippen LogP contribution in [-0.2, 0) is 4.79 Å². The fourth-order valence-electron chi connectivity index (χ4n) is 2.89. The lowest BCUT2D eigenvalue weighted by atomic mass is 10.1. The maximum absolute atomic E-state index is 12.7. The molecule has 2 aliphatic rings. The van der Waals surface area contributed by atoms with E-state index in [9.17, 15) is 9.59 Å². The number of likely N-dealkylation sites (N-methyl/N-ethyl adjacent to an activating group) is 1. The van der Waals surface area contributed by atoms with Gasteiger partial charge >= 0.3 is 0 Å². The van der Waals surface area contributed by atoms with Crippen LogP contribution in [0.15, 0.2) is 12.1 Å². The third-order valence-electron chi connectivity index (χ3n) is 4.11. The fraction of sp³-hybridized carbons (Fsp3) is 0.429. The molecule has 3 rings (SSSR count). The Morgan fingerprint density at radius 2 is 2.00 bits per heavy atom. The van der Waals surface area contributed by atoms with Gasteiger partial charge in [0.05, 0.1) is 16.3 Å². The van der Waals surface area contributed by atoms with Gasteiger partial charge in [-0.1, -0.05) is 23.2 Å². The third-order valence-corrected chi connectivity index (χ3v) is 4.62.